The smallest absolute Gasteiger partial charge is 0.123 e. The van der Waals surface area contributed by atoms with Gasteiger partial charge in [-0.1, -0.05) is 6.92 Å². The molecule has 2 rings (SSSR count). The molecule has 0 radical (unpaired) electrons. The van der Waals surface area contributed by atoms with Crippen molar-refractivity contribution in [1.29, 1.82) is 0 Å². The molecule has 0 amide bonds. The molecule has 0 aliphatic carbocycles. The second-order valence-electron chi connectivity index (χ2n) is 3.42. The van der Waals surface area contributed by atoms with Crippen molar-refractivity contribution in [1.82, 2.24) is 14.5 Å². The Bertz CT molecular complexity index is 295. The van der Waals surface area contributed by atoms with Crippen LogP contribution in [0.5, 0.6) is 0 Å². The molecule has 0 saturated heterocycles. The zero-order valence-electron chi connectivity index (χ0n) is 7.83. The second kappa shape index (κ2) is 3.80. The number of imidazole rings is 1. The van der Waals surface area contributed by atoms with E-state index in [1.54, 1.807) is 0 Å². The maximum atomic E-state index is 4.36. The van der Waals surface area contributed by atoms with Gasteiger partial charge in [-0.2, -0.15) is 0 Å². The van der Waals surface area contributed by atoms with Gasteiger partial charge >= 0.3 is 0 Å². The SMILES string of the molecule is CCCN1CCn2c(Br)cnc2C1. The molecule has 0 unspecified atom stereocenters. The molecule has 2 heterocycles. The van der Waals surface area contributed by atoms with E-state index in [1.165, 1.54) is 18.8 Å². The van der Waals surface area contributed by atoms with Crippen molar-refractivity contribution < 1.29 is 0 Å². The van der Waals surface area contributed by atoms with Gasteiger partial charge in [-0.25, -0.2) is 4.98 Å². The molecular formula is C9H14BrN3. The summed E-state index contributed by atoms with van der Waals surface area (Å²) in [6.07, 6.45) is 3.12. The normalized spacial score (nSPS) is 17.4. The maximum absolute atomic E-state index is 4.36. The Morgan fingerprint density at radius 3 is 3.15 bits per heavy atom. The third-order valence-electron chi connectivity index (χ3n) is 2.43. The number of rotatable bonds is 2. The molecule has 1 aliphatic heterocycles. The number of fused-ring (bicyclic) bond motifs is 1. The molecule has 13 heavy (non-hydrogen) atoms. The summed E-state index contributed by atoms with van der Waals surface area (Å²) in [5.41, 5.74) is 0. The Hall–Kier alpha value is -0.350. The molecule has 0 saturated carbocycles. The van der Waals surface area contributed by atoms with Crippen LogP contribution in [0.4, 0.5) is 0 Å². The van der Waals surface area contributed by atoms with Crippen molar-refractivity contribution >= 4 is 15.9 Å². The summed E-state index contributed by atoms with van der Waals surface area (Å²) in [4.78, 5) is 6.82. The highest BCUT2D eigenvalue weighted by Crippen LogP contribution is 2.18. The summed E-state index contributed by atoms with van der Waals surface area (Å²) in [7, 11) is 0. The first-order valence-corrected chi connectivity index (χ1v) is 5.53. The summed E-state index contributed by atoms with van der Waals surface area (Å²) in [5.74, 6) is 1.19. The van der Waals surface area contributed by atoms with Crippen LogP contribution >= 0.6 is 15.9 Å². The molecule has 0 aromatic carbocycles. The fourth-order valence-electron chi connectivity index (χ4n) is 1.78. The molecule has 3 nitrogen and oxygen atoms in total. The lowest BCUT2D eigenvalue weighted by atomic mass is 10.3. The Labute approximate surface area is 86.9 Å². The van der Waals surface area contributed by atoms with Crippen LogP contribution in [0, 0.1) is 0 Å². The summed E-state index contributed by atoms with van der Waals surface area (Å²) in [6, 6.07) is 0. The molecule has 1 aromatic rings. The summed E-state index contributed by atoms with van der Waals surface area (Å²) in [6.45, 7) is 6.62. The van der Waals surface area contributed by atoms with Gasteiger partial charge in [-0.15, -0.1) is 0 Å². The maximum Gasteiger partial charge on any atom is 0.123 e. The first-order valence-electron chi connectivity index (χ1n) is 4.73. The first-order chi connectivity index (χ1) is 6.31. The molecular weight excluding hydrogens is 230 g/mol. The van der Waals surface area contributed by atoms with E-state index in [0.29, 0.717) is 0 Å². The van der Waals surface area contributed by atoms with E-state index >= 15 is 0 Å². The van der Waals surface area contributed by atoms with Crippen LogP contribution in [0.2, 0.25) is 0 Å². The first kappa shape index (κ1) is 9.21. The zero-order chi connectivity index (χ0) is 9.26. The average molecular weight is 244 g/mol. The van der Waals surface area contributed by atoms with Crippen LogP contribution in [0.25, 0.3) is 0 Å². The van der Waals surface area contributed by atoms with E-state index in [2.05, 4.69) is 37.3 Å². The second-order valence-corrected chi connectivity index (χ2v) is 4.24. The van der Waals surface area contributed by atoms with Crippen molar-refractivity contribution in [3.8, 4) is 0 Å². The van der Waals surface area contributed by atoms with Gasteiger partial charge in [0.15, 0.2) is 0 Å². The van der Waals surface area contributed by atoms with Gasteiger partial charge in [0.25, 0.3) is 0 Å². The molecule has 0 spiro atoms. The fourth-order valence-corrected chi connectivity index (χ4v) is 2.26. The lowest BCUT2D eigenvalue weighted by molar-refractivity contribution is 0.216. The predicted molar refractivity (Wildman–Crippen MR) is 55.5 cm³/mol. The predicted octanol–water partition coefficient (Wildman–Crippen LogP) is 1.87. The van der Waals surface area contributed by atoms with Crippen LogP contribution < -0.4 is 0 Å². The number of aromatic nitrogens is 2. The van der Waals surface area contributed by atoms with E-state index in [9.17, 15) is 0 Å². The topological polar surface area (TPSA) is 21.1 Å². The van der Waals surface area contributed by atoms with E-state index in [1.807, 2.05) is 6.20 Å². The van der Waals surface area contributed by atoms with Gasteiger partial charge in [-0.3, -0.25) is 4.90 Å². The van der Waals surface area contributed by atoms with Gasteiger partial charge in [0.1, 0.15) is 10.4 Å². The lowest BCUT2D eigenvalue weighted by Crippen LogP contribution is -2.34. The Kier molecular flexibility index (Phi) is 2.69. The summed E-state index contributed by atoms with van der Waals surface area (Å²) < 4.78 is 3.35. The van der Waals surface area contributed by atoms with Crippen LogP contribution in [-0.4, -0.2) is 27.5 Å². The molecule has 1 aliphatic rings. The minimum Gasteiger partial charge on any atom is -0.320 e. The van der Waals surface area contributed by atoms with Gasteiger partial charge in [0.2, 0.25) is 0 Å². The van der Waals surface area contributed by atoms with E-state index in [4.69, 9.17) is 0 Å². The molecule has 0 fully saturated rings. The average Bonchev–Trinajstić information content (AvgIpc) is 2.48. The van der Waals surface area contributed by atoms with Crippen LogP contribution in [0.1, 0.15) is 19.2 Å². The van der Waals surface area contributed by atoms with E-state index < -0.39 is 0 Å². The van der Waals surface area contributed by atoms with E-state index in [0.717, 1.165) is 24.2 Å². The van der Waals surface area contributed by atoms with Crippen molar-refractivity contribution in [2.45, 2.75) is 26.4 Å². The van der Waals surface area contributed by atoms with Crippen molar-refractivity contribution in [3.63, 3.8) is 0 Å². The van der Waals surface area contributed by atoms with Gasteiger partial charge in [0.05, 0.1) is 12.7 Å². The third kappa shape index (κ3) is 1.79. The monoisotopic (exact) mass is 243 g/mol. The van der Waals surface area contributed by atoms with Crippen LogP contribution in [-0.2, 0) is 13.1 Å². The highest BCUT2D eigenvalue weighted by Gasteiger charge is 2.17. The number of hydrogen-bond acceptors (Lipinski definition) is 2. The zero-order valence-corrected chi connectivity index (χ0v) is 9.42. The lowest BCUT2D eigenvalue weighted by Gasteiger charge is -2.27. The largest absolute Gasteiger partial charge is 0.320 e. The molecule has 1 aromatic heterocycles. The Morgan fingerprint density at radius 1 is 1.54 bits per heavy atom. The molecule has 4 heteroatoms. The fraction of sp³-hybridized carbons (Fsp3) is 0.667. The van der Waals surface area contributed by atoms with Crippen molar-refractivity contribution in [2.24, 2.45) is 0 Å². The minimum absolute atomic E-state index is 0.999. The van der Waals surface area contributed by atoms with E-state index in [-0.39, 0.29) is 0 Å². The van der Waals surface area contributed by atoms with Crippen molar-refractivity contribution in [2.75, 3.05) is 13.1 Å². The standard InChI is InChI=1S/C9H14BrN3/c1-2-3-12-4-5-13-8(10)6-11-9(13)7-12/h6H,2-5,7H2,1H3. The highest BCUT2D eigenvalue weighted by atomic mass is 79.9. The van der Waals surface area contributed by atoms with Crippen LogP contribution in [0.15, 0.2) is 10.8 Å². The summed E-state index contributed by atoms with van der Waals surface area (Å²) in [5, 5.41) is 0. The van der Waals surface area contributed by atoms with Gasteiger partial charge < -0.3 is 4.57 Å². The number of nitrogens with zero attached hydrogens (tertiary/aromatic N) is 3. The molecule has 0 N–H and O–H groups in total. The Morgan fingerprint density at radius 2 is 2.38 bits per heavy atom. The number of hydrogen-bond donors (Lipinski definition) is 0. The third-order valence-corrected chi connectivity index (χ3v) is 3.07. The molecule has 0 bridgehead atoms. The molecule has 72 valence electrons. The highest BCUT2D eigenvalue weighted by molar-refractivity contribution is 9.10. The van der Waals surface area contributed by atoms with Gasteiger partial charge in [0, 0.05) is 13.1 Å². The van der Waals surface area contributed by atoms with Crippen LogP contribution in [0.3, 0.4) is 0 Å². The summed E-state index contributed by atoms with van der Waals surface area (Å²) >= 11 is 3.49. The van der Waals surface area contributed by atoms with Crippen molar-refractivity contribution in [3.05, 3.63) is 16.6 Å². The quantitative estimate of drug-likeness (QED) is 0.791. The van der Waals surface area contributed by atoms with Gasteiger partial charge in [-0.05, 0) is 28.9 Å². The number of halogens is 1. The molecule has 0 atom stereocenters. The Balaban J connectivity index is 2.11. The minimum atomic E-state index is 0.999.